The van der Waals surface area contributed by atoms with Gasteiger partial charge in [0.15, 0.2) is 0 Å². The number of fused-ring (bicyclic) bond motifs is 1. The van der Waals surface area contributed by atoms with Crippen LogP contribution in [-0.2, 0) is 25.9 Å². The molecule has 1 aromatic carbocycles. The monoisotopic (exact) mass is 439 g/mol. The third kappa shape index (κ3) is 4.09. The summed E-state index contributed by atoms with van der Waals surface area (Å²) in [7, 11) is -3.67. The predicted octanol–water partition coefficient (Wildman–Crippen LogP) is 3.04. The fourth-order valence-electron chi connectivity index (χ4n) is 3.35. The summed E-state index contributed by atoms with van der Waals surface area (Å²) in [6, 6.07) is 7.20. The lowest BCUT2D eigenvalue weighted by molar-refractivity contribution is 0.122. The van der Waals surface area contributed by atoms with Gasteiger partial charge in [0, 0.05) is 36.4 Å². The quantitative estimate of drug-likeness (QED) is 0.709. The lowest BCUT2D eigenvalue weighted by Crippen LogP contribution is -2.36. The standard InChI is InChI=1S/C18H21N3O4S3/c1-12-9-14-15(19-18(26)25-12)10-13(21-4-6-24-7-5-21)11-16(14)20-28(22,23)17-3-2-8-27-17/h2-3,8,10-12,20H,4-7,9H2,1H3,(H,19,26). The highest BCUT2D eigenvalue weighted by atomic mass is 32.2. The highest BCUT2D eigenvalue weighted by molar-refractivity contribution is 7.94. The van der Waals surface area contributed by atoms with Crippen LogP contribution in [0.25, 0.3) is 0 Å². The van der Waals surface area contributed by atoms with Crippen LogP contribution in [0.5, 0.6) is 0 Å². The Kier molecular flexibility index (Phi) is 5.46. The average Bonchev–Trinajstić information content (AvgIpc) is 3.15. The summed E-state index contributed by atoms with van der Waals surface area (Å²) in [4.78, 5) is 2.17. The van der Waals surface area contributed by atoms with Crippen molar-refractivity contribution in [2.45, 2.75) is 23.7 Å². The number of thiophene rings is 1. The second-order valence-corrected chi connectivity index (χ2v) is 9.93. The molecule has 3 heterocycles. The third-order valence-corrected chi connectivity index (χ3v) is 7.61. The zero-order valence-corrected chi connectivity index (χ0v) is 17.8. The molecule has 0 amide bonds. The first-order valence-electron chi connectivity index (χ1n) is 8.96. The Morgan fingerprint density at radius 3 is 2.82 bits per heavy atom. The van der Waals surface area contributed by atoms with Crippen molar-refractivity contribution in [3.05, 3.63) is 35.2 Å². The van der Waals surface area contributed by atoms with Gasteiger partial charge in [-0.3, -0.25) is 4.72 Å². The molecular weight excluding hydrogens is 418 g/mol. The van der Waals surface area contributed by atoms with Crippen LogP contribution in [0.4, 0.5) is 17.1 Å². The number of hydrogen-bond donors (Lipinski definition) is 2. The van der Waals surface area contributed by atoms with Crippen LogP contribution >= 0.6 is 23.6 Å². The molecule has 1 atom stereocenters. The van der Waals surface area contributed by atoms with E-state index < -0.39 is 10.0 Å². The maximum atomic E-state index is 12.9. The van der Waals surface area contributed by atoms with E-state index in [1.807, 2.05) is 19.1 Å². The van der Waals surface area contributed by atoms with Crippen molar-refractivity contribution in [2.24, 2.45) is 0 Å². The number of morpholine rings is 1. The molecule has 1 saturated heterocycles. The Labute approximate surface area is 173 Å². The maximum Gasteiger partial charge on any atom is 0.271 e. The molecular formula is C18H21N3O4S3. The Hall–Kier alpha value is -1.88. The SMILES string of the molecule is CC1Cc2c(cc(N3CCOCC3)cc2NS(=O)(=O)c2cccs2)NC(=S)O1. The van der Waals surface area contributed by atoms with E-state index in [9.17, 15) is 8.42 Å². The van der Waals surface area contributed by atoms with Crippen molar-refractivity contribution < 1.29 is 17.9 Å². The number of thiocarbonyl (C=S) groups is 1. The van der Waals surface area contributed by atoms with E-state index in [2.05, 4.69) is 14.9 Å². The smallest absolute Gasteiger partial charge is 0.271 e. The molecule has 0 aliphatic carbocycles. The van der Waals surface area contributed by atoms with Gasteiger partial charge in [-0.05, 0) is 42.7 Å². The van der Waals surface area contributed by atoms with Crippen LogP contribution in [0.1, 0.15) is 12.5 Å². The molecule has 150 valence electrons. The molecule has 2 aromatic rings. The number of ether oxygens (including phenoxy) is 2. The molecule has 1 unspecified atom stereocenters. The minimum absolute atomic E-state index is 0.166. The van der Waals surface area contributed by atoms with E-state index in [1.54, 1.807) is 17.5 Å². The number of nitrogens with zero attached hydrogens (tertiary/aromatic N) is 1. The van der Waals surface area contributed by atoms with Gasteiger partial charge in [-0.1, -0.05) is 6.07 Å². The molecule has 0 radical (unpaired) electrons. The summed E-state index contributed by atoms with van der Waals surface area (Å²) in [5, 5.41) is 5.15. The minimum Gasteiger partial charge on any atom is -0.467 e. The fraction of sp³-hybridized carbons (Fsp3) is 0.389. The van der Waals surface area contributed by atoms with E-state index in [4.69, 9.17) is 21.7 Å². The van der Waals surface area contributed by atoms with Crippen molar-refractivity contribution in [1.82, 2.24) is 0 Å². The topological polar surface area (TPSA) is 79.9 Å². The zero-order chi connectivity index (χ0) is 19.7. The Bertz CT molecular complexity index is 970. The van der Waals surface area contributed by atoms with Gasteiger partial charge in [-0.2, -0.15) is 0 Å². The van der Waals surface area contributed by atoms with Gasteiger partial charge in [-0.15, -0.1) is 11.3 Å². The highest BCUT2D eigenvalue weighted by Crippen LogP contribution is 2.36. The molecule has 0 saturated carbocycles. The molecule has 2 aliphatic rings. The van der Waals surface area contributed by atoms with E-state index in [0.29, 0.717) is 25.3 Å². The number of anilines is 3. The first-order valence-corrected chi connectivity index (χ1v) is 11.7. The predicted molar refractivity (Wildman–Crippen MR) is 115 cm³/mol. The Morgan fingerprint density at radius 2 is 2.11 bits per heavy atom. The molecule has 2 aliphatic heterocycles. The van der Waals surface area contributed by atoms with E-state index in [0.717, 1.165) is 30.0 Å². The van der Waals surface area contributed by atoms with Crippen LogP contribution < -0.4 is 14.9 Å². The van der Waals surface area contributed by atoms with Gasteiger partial charge < -0.3 is 19.7 Å². The molecule has 28 heavy (non-hydrogen) atoms. The molecule has 1 aromatic heterocycles. The summed E-state index contributed by atoms with van der Waals surface area (Å²) in [5.74, 6) is 0. The van der Waals surface area contributed by atoms with Gasteiger partial charge in [0.25, 0.3) is 15.2 Å². The molecule has 4 rings (SSSR count). The first-order chi connectivity index (χ1) is 13.4. The number of benzene rings is 1. The van der Waals surface area contributed by atoms with Crippen molar-refractivity contribution in [1.29, 1.82) is 0 Å². The Balaban J connectivity index is 1.78. The maximum absolute atomic E-state index is 12.9. The van der Waals surface area contributed by atoms with Gasteiger partial charge in [0.1, 0.15) is 10.3 Å². The Morgan fingerprint density at radius 1 is 1.32 bits per heavy atom. The van der Waals surface area contributed by atoms with Crippen LogP contribution in [0.15, 0.2) is 33.9 Å². The molecule has 0 spiro atoms. The summed E-state index contributed by atoms with van der Waals surface area (Å²) >= 11 is 6.44. The van der Waals surface area contributed by atoms with E-state index >= 15 is 0 Å². The van der Waals surface area contributed by atoms with Crippen LogP contribution in [0.3, 0.4) is 0 Å². The normalized spacial score (nSPS) is 20.0. The van der Waals surface area contributed by atoms with Crippen molar-refractivity contribution in [2.75, 3.05) is 41.2 Å². The summed E-state index contributed by atoms with van der Waals surface area (Å²) in [6.45, 7) is 4.68. The van der Waals surface area contributed by atoms with Gasteiger partial charge in [-0.25, -0.2) is 8.42 Å². The van der Waals surface area contributed by atoms with Crippen LogP contribution in [-0.4, -0.2) is 46.0 Å². The van der Waals surface area contributed by atoms with Crippen molar-refractivity contribution >= 4 is 55.8 Å². The molecule has 0 bridgehead atoms. The van der Waals surface area contributed by atoms with E-state index in [1.165, 1.54) is 11.3 Å². The molecule has 7 nitrogen and oxygen atoms in total. The second kappa shape index (κ2) is 7.86. The minimum atomic E-state index is -3.67. The number of hydrogen-bond acceptors (Lipinski definition) is 7. The summed E-state index contributed by atoms with van der Waals surface area (Å²) in [6.07, 6.45) is 0.370. The van der Waals surface area contributed by atoms with Gasteiger partial charge in [0.05, 0.1) is 18.9 Å². The number of nitrogens with one attached hydrogen (secondary N) is 2. The van der Waals surface area contributed by atoms with Gasteiger partial charge in [0.2, 0.25) is 0 Å². The van der Waals surface area contributed by atoms with E-state index in [-0.39, 0.29) is 15.5 Å². The molecule has 1 fully saturated rings. The molecule has 2 N–H and O–H groups in total. The molecule has 10 heteroatoms. The first kappa shape index (κ1) is 19.4. The number of sulfonamides is 1. The average molecular weight is 440 g/mol. The summed E-state index contributed by atoms with van der Waals surface area (Å²) < 4.78 is 39.9. The zero-order valence-electron chi connectivity index (χ0n) is 15.3. The second-order valence-electron chi connectivity index (χ2n) is 6.70. The lowest BCUT2D eigenvalue weighted by atomic mass is 10.0. The van der Waals surface area contributed by atoms with Gasteiger partial charge >= 0.3 is 0 Å². The third-order valence-electron chi connectivity index (χ3n) is 4.65. The van der Waals surface area contributed by atoms with Crippen LogP contribution in [0, 0.1) is 0 Å². The fourth-order valence-corrected chi connectivity index (χ4v) is 5.70. The largest absolute Gasteiger partial charge is 0.467 e. The highest BCUT2D eigenvalue weighted by Gasteiger charge is 2.25. The summed E-state index contributed by atoms with van der Waals surface area (Å²) in [5.41, 5.74) is 3.06. The number of rotatable bonds is 4. The van der Waals surface area contributed by atoms with Crippen molar-refractivity contribution in [3.8, 4) is 0 Å². The lowest BCUT2D eigenvalue weighted by Gasteiger charge is -2.30. The van der Waals surface area contributed by atoms with Crippen LogP contribution in [0.2, 0.25) is 0 Å². The van der Waals surface area contributed by atoms with Crippen molar-refractivity contribution in [3.63, 3.8) is 0 Å².